The summed E-state index contributed by atoms with van der Waals surface area (Å²) < 4.78 is 0. The normalized spacial score (nSPS) is 12.8. The van der Waals surface area contributed by atoms with Gasteiger partial charge in [-0.05, 0) is 20.3 Å². The molecule has 0 atom stereocenters. The quantitative estimate of drug-likeness (QED) is 0.557. The minimum absolute atomic E-state index is 0.00694. The summed E-state index contributed by atoms with van der Waals surface area (Å²) in [5.74, 6) is 0. The van der Waals surface area contributed by atoms with Crippen LogP contribution < -0.4 is 0 Å². The van der Waals surface area contributed by atoms with Crippen molar-refractivity contribution in [1.29, 1.82) is 0 Å². The number of rotatable bonds is 2. The Hall–Kier alpha value is -0.120. The van der Waals surface area contributed by atoms with E-state index in [1.807, 2.05) is 6.92 Å². The first-order chi connectivity index (χ1) is 3.50. The molecule has 8 heavy (non-hydrogen) atoms. The van der Waals surface area contributed by atoms with Gasteiger partial charge in [-0.1, -0.05) is 6.92 Å². The second-order valence-corrected chi connectivity index (χ2v) is 2.44. The van der Waals surface area contributed by atoms with Gasteiger partial charge >= 0.3 is 0 Å². The molecule has 3 heteroatoms. The Morgan fingerprint density at radius 3 is 2.00 bits per heavy atom. The average Bonchev–Trinajstić information content (AvgIpc) is 1.67. The molecule has 50 valence electrons. The SMILES string of the molecule is CCC(C)(C)N([O-])O. The zero-order chi connectivity index (χ0) is 6.78. The summed E-state index contributed by atoms with van der Waals surface area (Å²) in [5.41, 5.74) is -0.625. The summed E-state index contributed by atoms with van der Waals surface area (Å²) in [5, 5.41) is 18.5. The second-order valence-electron chi connectivity index (χ2n) is 2.44. The minimum Gasteiger partial charge on any atom is -0.762 e. The summed E-state index contributed by atoms with van der Waals surface area (Å²) in [6, 6.07) is 0. The molecule has 0 aliphatic heterocycles. The number of hydrogen-bond donors (Lipinski definition) is 1. The van der Waals surface area contributed by atoms with Crippen molar-refractivity contribution in [2.45, 2.75) is 32.7 Å². The van der Waals surface area contributed by atoms with Crippen LogP contribution in [0.25, 0.3) is 0 Å². The van der Waals surface area contributed by atoms with Crippen molar-refractivity contribution in [3.63, 3.8) is 0 Å². The van der Waals surface area contributed by atoms with E-state index in [0.717, 1.165) is 0 Å². The fourth-order valence-corrected chi connectivity index (χ4v) is 0.135. The average molecular weight is 118 g/mol. The number of hydrogen-bond acceptors (Lipinski definition) is 3. The van der Waals surface area contributed by atoms with Crippen LogP contribution in [0.1, 0.15) is 27.2 Å². The van der Waals surface area contributed by atoms with Crippen molar-refractivity contribution in [3.8, 4) is 0 Å². The zero-order valence-electron chi connectivity index (χ0n) is 5.51. The molecule has 0 aromatic carbocycles. The zero-order valence-corrected chi connectivity index (χ0v) is 5.51. The Morgan fingerprint density at radius 1 is 1.62 bits per heavy atom. The van der Waals surface area contributed by atoms with E-state index >= 15 is 0 Å². The second kappa shape index (κ2) is 2.44. The van der Waals surface area contributed by atoms with Crippen LogP contribution in [0.15, 0.2) is 0 Å². The van der Waals surface area contributed by atoms with Gasteiger partial charge in [-0.2, -0.15) is 0 Å². The third-order valence-electron chi connectivity index (χ3n) is 1.38. The molecule has 3 nitrogen and oxygen atoms in total. The van der Waals surface area contributed by atoms with Crippen LogP contribution in [0.3, 0.4) is 0 Å². The van der Waals surface area contributed by atoms with E-state index in [2.05, 4.69) is 0 Å². The van der Waals surface area contributed by atoms with Gasteiger partial charge in [0.1, 0.15) is 0 Å². The predicted octanol–water partition coefficient (Wildman–Crippen LogP) is 1.36. The smallest absolute Gasteiger partial charge is 0.0268 e. The van der Waals surface area contributed by atoms with Crippen LogP contribution in [-0.4, -0.2) is 16.0 Å². The summed E-state index contributed by atoms with van der Waals surface area (Å²) in [4.78, 5) is 0. The van der Waals surface area contributed by atoms with E-state index < -0.39 is 5.54 Å². The number of nitrogens with zero attached hydrogens (tertiary/aromatic N) is 1. The number of hydroxylamine groups is 2. The van der Waals surface area contributed by atoms with Crippen molar-refractivity contribution in [2.24, 2.45) is 0 Å². The third-order valence-corrected chi connectivity index (χ3v) is 1.38. The topological polar surface area (TPSA) is 46.5 Å². The molecular weight excluding hydrogens is 106 g/mol. The highest BCUT2D eigenvalue weighted by Crippen LogP contribution is 2.13. The molecule has 0 saturated carbocycles. The van der Waals surface area contributed by atoms with Gasteiger partial charge in [-0.15, -0.1) is 0 Å². The highest BCUT2D eigenvalue weighted by molar-refractivity contribution is 4.73. The largest absolute Gasteiger partial charge is 0.762 e. The van der Waals surface area contributed by atoms with Gasteiger partial charge < -0.3 is 10.4 Å². The van der Waals surface area contributed by atoms with Crippen LogP contribution >= 0.6 is 0 Å². The fraction of sp³-hybridized carbons (Fsp3) is 1.00. The van der Waals surface area contributed by atoms with Crippen LogP contribution in [0.2, 0.25) is 0 Å². The fourth-order valence-electron chi connectivity index (χ4n) is 0.135. The third kappa shape index (κ3) is 1.78. The molecular formula is C5H12NO2-. The highest BCUT2D eigenvalue weighted by Gasteiger charge is 2.14. The Labute approximate surface area is 49.5 Å². The van der Waals surface area contributed by atoms with Gasteiger partial charge in [0.05, 0.1) is 0 Å². The van der Waals surface area contributed by atoms with Gasteiger partial charge in [0.25, 0.3) is 0 Å². The van der Waals surface area contributed by atoms with E-state index in [9.17, 15) is 5.21 Å². The first-order valence-electron chi connectivity index (χ1n) is 2.67. The first-order valence-corrected chi connectivity index (χ1v) is 2.67. The minimum atomic E-state index is -0.625. The van der Waals surface area contributed by atoms with Crippen molar-refractivity contribution in [2.75, 3.05) is 0 Å². The molecule has 0 fully saturated rings. The lowest BCUT2D eigenvalue weighted by atomic mass is 10.0. The maximum Gasteiger partial charge on any atom is 0.0268 e. The predicted molar refractivity (Wildman–Crippen MR) is 31.4 cm³/mol. The molecule has 0 rings (SSSR count). The summed E-state index contributed by atoms with van der Waals surface area (Å²) in [6.07, 6.45) is 0.646. The molecule has 0 aromatic heterocycles. The maximum atomic E-state index is 10.2. The molecule has 0 aliphatic rings. The van der Waals surface area contributed by atoms with E-state index in [0.29, 0.717) is 6.42 Å². The Kier molecular flexibility index (Phi) is 2.40. The Morgan fingerprint density at radius 2 is 2.00 bits per heavy atom. The molecule has 0 saturated heterocycles. The first kappa shape index (κ1) is 7.88. The van der Waals surface area contributed by atoms with Gasteiger partial charge in [0.2, 0.25) is 0 Å². The monoisotopic (exact) mass is 118 g/mol. The van der Waals surface area contributed by atoms with Crippen LogP contribution in [-0.2, 0) is 0 Å². The van der Waals surface area contributed by atoms with Crippen LogP contribution in [0, 0.1) is 5.21 Å². The van der Waals surface area contributed by atoms with Crippen molar-refractivity contribution >= 4 is 0 Å². The lowest BCUT2D eigenvalue weighted by molar-refractivity contribution is -0.118. The van der Waals surface area contributed by atoms with Crippen molar-refractivity contribution in [1.82, 2.24) is 5.23 Å². The molecule has 0 unspecified atom stereocenters. The lowest BCUT2D eigenvalue weighted by Crippen LogP contribution is -2.36. The van der Waals surface area contributed by atoms with Crippen LogP contribution in [0.4, 0.5) is 0 Å². The van der Waals surface area contributed by atoms with Gasteiger partial charge in [-0.25, -0.2) is 0 Å². The van der Waals surface area contributed by atoms with E-state index in [1.54, 1.807) is 13.8 Å². The molecule has 0 radical (unpaired) electrons. The summed E-state index contributed by atoms with van der Waals surface area (Å²) in [6.45, 7) is 5.21. The molecule has 1 N–H and O–H groups in total. The molecule has 0 aliphatic carbocycles. The van der Waals surface area contributed by atoms with Crippen molar-refractivity contribution in [3.05, 3.63) is 5.21 Å². The summed E-state index contributed by atoms with van der Waals surface area (Å²) in [7, 11) is 0. The Bertz CT molecular complexity index is 70.8. The highest BCUT2D eigenvalue weighted by atomic mass is 16.8. The molecule has 0 amide bonds. The van der Waals surface area contributed by atoms with E-state index in [-0.39, 0.29) is 5.23 Å². The molecule has 0 bridgehead atoms. The van der Waals surface area contributed by atoms with Crippen LogP contribution in [0.5, 0.6) is 0 Å². The van der Waals surface area contributed by atoms with E-state index in [1.165, 1.54) is 0 Å². The molecule has 0 heterocycles. The Balaban J connectivity index is 3.71. The van der Waals surface area contributed by atoms with Gasteiger partial charge in [0, 0.05) is 5.54 Å². The summed E-state index contributed by atoms with van der Waals surface area (Å²) >= 11 is 0. The van der Waals surface area contributed by atoms with E-state index in [4.69, 9.17) is 5.21 Å². The molecule has 0 spiro atoms. The van der Waals surface area contributed by atoms with Crippen molar-refractivity contribution < 1.29 is 5.21 Å². The maximum absolute atomic E-state index is 10.2. The lowest BCUT2D eigenvalue weighted by Gasteiger charge is -2.37. The molecule has 0 aromatic rings. The standard InChI is InChI=1S/C5H12NO2/c1-4-5(2,3)6(7)8/h7H,4H2,1-3H3/q-1. The van der Waals surface area contributed by atoms with Gasteiger partial charge in [-0.3, -0.25) is 5.23 Å². The van der Waals surface area contributed by atoms with Gasteiger partial charge in [0.15, 0.2) is 0 Å².